The van der Waals surface area contributed by atoms with Crippen molar-refractivity contribution in [1.29, 1.82) is 0 Å². The van der Waals surface area contributed by atoms with Crippen LogP contribution in [0.4, 0.5) is 0 Å². The summed E-state index contributed by atoms with van der Waals surface area (Å²) in [6.07, 6.45) is 2.37. The van der Waals surface area contributed by atoms with Crippen LogP contribution in [0.2, 0.25) is 0 Å². The van der Waals surface area contributed by atoms with E-state index in [1.807, 2.05) is 0 Å². The molecule has 0 amide bonds. The third-order valence-electron chi connectivity index (χ3n) is 2.89. The van der Waals surface area contributed by atoms with Crippen LogP contribution in [-0.2, 0) is 24.7 Å². The summed E-state index contributed by atoms with van der Waals surface area (Å²) in [7, 11) is -1.79. The van der Waals surface area contributed by atoms with Crippen LogP contribution in [0.15, 0.2) is 0 Å². The van der Waals surface area contributed by atoms with Crippen LogP contribution in [0.1, 0.15) is 32.6 Å². The first-order valence-electron chi connectivity index (χ1n) is 4.92. The average Bonchev–Trinajstić information content (AvgIpc) is 2.20. The van der Waals surface area contributed by atoms with Gasteiger partial charge in [0, 0.05) is 0 Å². The first-order valence-corrected chi connectivity index (χ1v) is 6.01. The highest BCUT2D eigenvalue weighted by Gasteiger charge is 2.44. The summed E-state index contributed by atoms with van der Waals surface area (Å²) < 4.78 is 30.5. The molecule has 15 heavy (non-hydrogen) atoms. The van der Waals surface area contributed by atoms with Crippen molar-refractivity contribution in [2.45, 2.75) is 38.2 Å². The first-order chi connectivity index (χ1) is 7.00. The van der Waals surface area contributed by atoms with E-state index in [1.165, 1.54) is 7.11 Å². The van der Waals surface area contributed by atoms with E-state index >= 15 is 0 Å². The van der Waals surface area contributed by atoms with Crippen LogP contribution in [0.5, 0.6) is 0 Å². The molecule has 6 heteroatoms. The van der Waals surface area contributed by atoms with Crippen molar-refractivity contribution in [3.8, 4) is 0 Å². The van der Waals surface area contributed by atoms with Crippen LogP contribution in [0.3, 0.4) is 0 Å². The molecule has 0 aliphatic heterocycles. The molecule has 0 saturated heterocycles. The lowest BCUT2D eigenvalue weighted by Gasteiger charge is -2.34. The van der Waals surface area contributed by atoms with Crippen LogP contribution < -0.4 is 0 Å². The Morgan fingerprint density at radius 1 is 1.33 bits per heavy atom. The second kappa shape index (κ2) is 4.94. The topological polar surface area (TPSA) is 69.7 Å². The van der Waals surface area contributed by atoms with Crippen LogP contribution >= 0.6 is 0 Å². The lowest BCUT2D eigenvalue weighted by atomic mass is 9.80. The molecule has 0 aromatic carbocycles. The minimum Gasteiger partial charge on any atom is -0.467 e. The summed E-state index contributed by atoms with van der Waals surface area (Å²) in [6, 6.07) is 0. The van der Waals surface area contributed by atoms with Crippen molar-refractivity contribution in [1.82, 2.24) is 0 Å². The van der Waals surface area contributed by atoms with Crippen molar-refractivity contribution < 1.29 is 22.1 Å². The lowest BCUT2D eigenvalue weighted by Crippen LogP contribution is -2.45. The standard InChI is InChI=1S/C9H16O5S/c1-7-3-5-9(6-4-7,8(10)13-2)14-15(11)12/h7,15H,3-6H2,1-2H3. The second-order valence-corrected chi connectivity index (χ2v) is 4.61. The smallest absolute Gasteiger partial charge is 0.339 e. The fourth-order valence-electron chi connectivity index (χ4n) is 1.89. The molecule has 0 atom stereocenters. The molecule has 0 aromatic rings. The van der Waals surface area contributed by atoms with E-state index < -0.39 is 22.6 Å². The Bertz CT molecular complexity index is 294. The Balaban J connectivity index is 2.82. The zero-order chi connectivity index (χ0) is 11.5. The Morgan fingerprint density at radius 2 is 1.87 bits per heavy atom. The predicted octanol–water partition coefficient (Wildman–Crippen LogP) is 0.651. The molecular weight excluding hydrogens is 220 g/mol. The molecule has 0 unspecified atom stereocenters. The van der Waals surface area contributed by atoms with E-state index in [2.05, 4.69) is 11.7 Å². The molecule has 1 fully saturated rings. The second-order valence-electron chi connectivity index (χ2n) is 3.98. The fourth-order valence-corrected chi connectivity index (χ4v) is 2.43. The molecule has 0 N–H and O–H groups in total. The van der Waals surface area contributed by atoms with Gasteiger partial charge in [-0.2, -0.15) is 0 Å². The van der Waals surface area contributed by atoms with Crippen molar-refractivity contribution in [2.75, 3.05) is 7.11 Å². The molecule has 1 rings (SSSR count). The number of esters is 1. The summed E-state index contributed by atoms with van der Waals surface area (Å²) in [5.74, 6) is -0.0930. The Labute approximate surface area is 90.9 Å². The summed E-state index contributed by atoms with van der Waals surface area (Å²) in [4.78, 5) is 11.5. The quantitative estimate of drug-likeness (QED) is 0.575. The Hall–Kier alpha value is -0.620. The molecular formula is C9H16O5S. The SMILES string of the molecule is COC(=O)C1(O[SH](=O)=O)CCC(C)CC1. The van der Waals surface area contributed by atoms with Crippen molar-refractivity contribution in [2.24, 2.45) is 5.92 Å². The van der Waals surface area contributed by atoms with Gasteiger partial charge in [0.1, 0.15) is 0 Å². The van der Waals surface area contributed by atoms with Gasteiger partial charge in [0.25, 0.3) is 11.0 Å². The molecule has 5 nitrogen and oxygen atoms in total. The third-order valence-corrected chi connectivity index (χ3v) is 3.39. The Kier molecular flexibility index (Phi) is 4.10. The number of carbonyl (C=O) groups excluding carboxylic acids is 1. The normalized spacial score (nSPS) is 31.5. The van der Waals surface area contributed by atoms with Gasteiger partial charge in [-0.3, -0.25) is 4.18 Å². The largest absolute Gasteiger partial charge is 0.467 e. The van der Waals surface area contributed by atoms with Crippen molar-refractivity contribution in [3.05, 3.63) is 0 Å². The molecule has 0 spiro atoms. The molecule has 0 radical (unpaired) electrons. The van der Waals surface area contributed by atoms with Gasteiger partial charge in [0.05, 0.1) is 7.11 Å². The first kappa shape index (κ1) is 12.4. The number of thiol groups is 1. The maximum absolute atomic E-state index is 11.5. The number of ether oxygens (including phenoxy) is 1. The monoisotopic (exact) mass is 236 g/mol. The van der Waals surface area contributed by atoms with E-state index in [1.54, 1.807) is 0 Å². The Morgan fingerprint density at radius 3 is 2.27 bits per heavy atom. The van der Waals surface area contributed by atoms with Crippen LogP contribution in [0.25, 0.3) is 0 Å². The zero-order valence-electron chi connectivity index (χ0n) is 8.89. The highest BCUT2D eigenvalue weighted by molar-refractivity contribution is 7.67. The third kappa shape index (κ3) is 2.92. The van der Waals surface area contributed by atoms with Gasteiger partial charge in [-0.05, 0) is 31.6 Å². The zero-order valence-corrected chi connectivity index (χ0v) is 9.79. The number of methoxy groups -OCH3 is 1. The fraction of sp³-hybridized carbons (Fsp3) is 0.889. The maximum Gasteiger partial charge on any atom is 0.339 e. The minimum absolute atomic E-state index is 0.407. The van der Waals surface area contributed by atoms with Gasteiger partial charge in [0.2, 0.25) is 0 Å². The van der Waals surface area contributed by atoms with Gasteiger partial charge in [-0.15, -0.1) is 0 Å². The van der Waals surface area contributed by atoms with Crippen molar-refractivity contribution in [3.63, 3.8) is 0 Å². The van der Waals surface area contributed by atoms with Gasteiger partial charge in [-0.25, -0.2) is 13.2 Å². The summed E-state index contributed by atoms with van der Waals surface area (Å²) in [6.45, 7) is 2.07. The molecule has 0 bridgehead atoms. The number of carbonyl (C=O) groups is 1. The highest BCUT2D eigenvalue weighted by atomic mass is 32.2. The van der Waals surface area contributed by atoms with Crippen LogP contribution in [0, 0.1) is 5.92 Å². The van der Waals surface area contributed by atoms with E-state index in [9.17, 15) is 13.2 Å². The van der Waals surface area contributed by atoms with Gasteiger partial charge < -0.3 is 4.74 Å². The highest BCUT2D eigenvalue weighted by Crippen LogP contribution is 2.35. The summed E-state index contributed by atoms with van der Waals surface area (Å²) in [5.41, 5.74) is -1.27. The number of rotatable bonds is 3. The average molecular weight is 236 g/mol. The lowest BCUT2D eigenvalue weighted by molar-refractivity contribution is -0.162. The van der Waals surface area contributed by atoms with E-state index in [-0.39, 0.29) is 0 Å². The predicted molar refractivity (Wildman–Crippen MR) is 53.8 cm³/mol. The molecule has 1 saturated carbocycles. The van der Waals surface area contributed by atoms with E-state index in [0.717, 1.165) is 12.8 Å². The molecule has 0 heterocycles. The number of hydrogen-bond acceptors (Lipinski definition) is 5. The van der Waals surface area contributed by atoms with Crippen LogP contribution in [-0.4, -0.2) is 27.1 Å². The van der Waals surface area contributed by atoms with Gasteiger partial charge >= 0.3 is 5.97 Å². The molecule has 88 valence electrons. The minimum atomic E-state index is -3.03. The van der Waals surface area contributed by atoms with Gasteiger partial charge in [0.15, 0.2) is 5.60 Å². The molecule has 1 aliphatic carbocycles. The molecule has 0 aromatic heterocycles. The van der Waals surface area contributed by atoms with Crippen molar-refractivity contribution >= 4 is 17.0 Å². The maximum atomic E-state index is 11.5. The van der Waals surface area contributed by atoms with Gasteiger partial charge in [-0.1, -0.05) is 6.92 Å². The summed E-state index contributed by atoms with van der Waals surface area (Å²) >= 11 is 0. The summed E-state index contributed by atoms with van der Waals surface area (Å²) in [5, 5.41) is 0. The molecule has 1 aliphatic rings. The van der Waals surface area contributed by atoms with E-state index in [4.69, 9.17) is 4.18 Å². The number of hydrogen-bond donors (Lipinski definition) is 1. The van der Waals surface area contributed by atoms with E-state index in [0.29, 0.717) is 18.8 Å².